The number of sulfone groups is 1. The molecule has 104 valence electrons. The average molecular weight is 364 g/mol. The highest BCUT2D eigenvalue weighted by Gasteiger charge is 2.34. The van der Waals surface area contributed by atoms with Gasteiger partial charge in [-0.15, -0.1) is 0 Å². The standard InChI is InChI=1S/C12H14BrNO3S2/c1-19(16,17)11-8-18-6-5-14(11)12(15)9-3-2-4-10(13)7-9/h2-4,7,11H,5-6,8H2,1H3. The lowest BCUT2D eigenvalue weighted by Crippen LogP contribution is -2.49. The molecule has 0 spiro atoms. The maximum absolute atomic E-state index is 12.4. The van der Waals surface area contributed by atoms with Crippen molar-refractivity contribution in [2.24, 2.45) is 0 Å². The fourth-order valence-corrected chi connectivity index (χ4v) is 5.17. The summed E-state index contributed by atoms with van der Waals surface area (Å²) in [5.74, 6) is 0.988. The normalized spacial score (nSPS) is 20.3. The first-order valence-corrected chi connectivity index (χ1v) is 9.63. The van der Waals surface area contributed by atoms with Crippen LogP contribution in [0.25, 0.3) is 0 Å². The Bertz CT molecular complexity index is 588. The molecule has 1 heterocycles. The predicted molar refractivity (Wildman–Crippen MR) is 81.1 cm³/mol. The molecule has 1 fully saturated rings. The summed E-state index contributed by atoms with van der Waals surface area (Å²) in [5.41, 5.74) is 0.509. The summed E-state index contributed by atoms with van der Waals surface area (Å²) in [5, 5.41) is -0.724. The van der Waals surface area contributed by atoms with E-state index in [-0.39, 0.29) is 5.91 Å². The number of rotatable bonds is 2. The highest BCUT2D eigenvalue weighted by atomic mass is 79.9. The summed E-state index contributed by atoms with van der Waals surface area (Å²) in [6, 6.07) is 7.01. The number of thioether (sulfide) groups is 1. The molecule has 4 nitrogen and oxygen atoms in total. The lowest BCUT2D eigenvalue weighted by Gasteiger charge is -2.34. The van der Waals surface area contributed by atoms with Gasteiger partial charge in [0.25, 0.3) is 5.91 Å². The summed E-state index contributed by atoms with van der Waals surface area (Å²) in [6.45, 7) is 0.466. The van der Waals surface area contributed by atoms with E-state index in [1.807, 2.05) is 6.07 Å². The van der Waals surface area contributed by atoms with Gasteiger partial charge in [0.15, 0.2) is 9.84 Å². The first-order chi connectivity index (χ1) is 8.89. The van der Waals surface area contributed by atoms with Gasteiger partial charge in [-0.25, -0.2) is 8.42 Å². The number of amides is 1. The van der Waals surface area contributed by atoms with Crippen LogP contribution >= 0.6 is 27.7 Å². The molecule has 1 unspecified atom stereocenters. The first-order valence-electron chi connectivity index (χ1n) is 5.73. The summed E-state index contributed by atoms with van der Waals surface area (Å²) < 4.78 is 24.4. The molecule has 0 aliphatic carbocycles. The van der Waals surface area contributed by atoms with Crippen molar-refractivity contribution in [3.63, 3.8) is 0 Å². The Morgan fingerprint density at radius 1 is 1.47 bits per heavy atom. The molecular weight excluding hydrogens is 350 g/mol. The van der Waals surface area contributed by atoms with Crippen LogP contribution in [0.4, 0.5) is 0 Å². The summed E-state index contributed by atoms with van der Waals surface area (Å²) in [4.78, 5) is 13.9. The van der Waals surface area contributed by atoms with Crippen LogP contribution in [-0.4, -0.2) is 48.9 Å². The second-order valence-electron chi connectivity index (χ2n) is 4.37. The van der Waals surface area contributed by atoms with Crippen molar-refractivity contribution in [2.75, 3.05) is 24.3 Å². The number of benzene rings is 1. The minimum Gasteiger partial charge on any atom is -0.320 e. The van der Waals surface area contributed by atoms with Gasteiger partial charge in [0.2, 0.25) is 0 Å². The number of hydrogen-bond donors (Lipinski definition) is 0. The number of carbonyl (C=O) groups excluding carboxylic acids is 1. The van der Waals surface area contributed by atoms with Gasteiger partial charge in [-0.1, -0.05) is 22.0 Å². The molecule has 1 saturated heterocycles. The van der Waals surface area contributed by atoms with Crippen LogP contribution in [0.1, 0.15) is 10.4 Å². The third-order valence-electron chi connectivity index (χ3n) is 2.91. The van der Waals surface area contributed by atoms with Gasteiger partial charge in [-0.05, 0) is 18.2 Å². The number of nitrogens with zero attached hydrogens (tertiary/aromatic N) is 1. The molecule has 7 heteroatoms. The third-order valence-corrected chi connectivity index (χ3v) is 6.05. The average Bonchev–Trinajstić information content (AvgIpc) is 2.37. The second-order valence-corrected chi connectivity index (χ2v) is 8.64. The second kappa shape index (κ2) is 5.85. The van der Waals surface area contributed by atoms with Crippen molar-refractivity contribution in [3.8, 4) is 0 Å². The smallest absolute Gasteiger partial charge is 0.255 e. The van der Waals surface area contributed by atoms with Crippen molar-refractivity contribution in [1.82, 2.24) is 4.90 Å². The van der Waals surface area contributed by atoms with E-state index in [4.69, 9.17) is 0 Å². The molecular formula is C12H14BrNO3S2. The highest BCUT2D eigenvalue weighted by molar-refractivity contribution is 9.10. The minimum absolute atomic E-state index is 0.225. The molecule has 1 aliphatic rings. The fourth-order valence-electron chi connectivity index (χ4n) is 1.96. The zero-order valence-corrected chi connectivity index (χ0v) is 13.6. The van der Waals surface area contributed by atoms with Crippen LogP contribution < -0.4 is 0 Å². The van der Waals surface area contributed by atoms with E-state index in [2.05, 4.69) is 15.9 Å². The first kappa shape index (κ1) is 14.9. The number of carbonyl (C=O) groups is 1. The Morgan fingerprint density at radius 3 is 2.84 bits per heavy atom. The minimum atomic E-state index is -3.27. The maximum Gasteiger partial charge on any atom is 0.255 e. The van der Waals surface area contributed by atoms with E-state index in [0.717, 1.165) is 10.2 Å². The molecule has 1 aliphatic heterocycles. The van der Waals surface area contributed by atoms with Gasteiger partial charge < -0.3 is 4.90 Å². The van der Waals surface area contributed by atoms with Gasteiger partial charge >= 0.3 is 0 Å². The van der Waals surface area contributed by atoms with E-state index >= 15 is 0 Å². The van der Waals surface area contributed by atoms with Crippen LogP contribution in [0.15, 0.2) is 28.7 Å². The maximum atomic E-state index is 12.4. The van der Waals surface area contributed by atoms with Gasteiger partial charge in [0.1, 0.15) is 5.37 Å². The molecule has 1 atom stereocenters. The van der Waals surface area contributed by atoms with E-state index in [1.54, 1.807) is 30.0 Å². The van der Waals surface area contributed by atoms with Gasteiger partial charge in [0.05, 0.1) is 0 Å². The van der Waals surface area contributed by atoms with Crippen molar-refractivity contribution >= 4 is 43.4 Å². The van der Waals surface area contributed by atoms with E-state index in [1.165, 1.54) is 11.2 Å². The summed E-state index contributed by atoms with van der Waals surface area (Å²) in [7, 11) is -3.27. The summed E-state index contributed by atoms with van der Waals surface area (Å²) >= 11 is 4.88. The Morgan fingerprint density at radius 2 is 2.21 bits per heavy atom. The van der Waals surface area contributed by atoms with Crippen molar-refractivity contribution < 1.29 is 13.2 Å². The zero-order valence-electron chi connectivity index (χ0n) is 10.4. The van der Waals surface area contributed by atoms with Crippen LogP contribution in [0.2, 0.25) is 0 Å². The Labute approximate surface area is 125 Å². The topological polar surface area (TPSA) is 54.5 Å². The molecule has 0 aromatic heterocycles. The molecule has 1 amide bonds. The van der Waals surface area contributed by atoms with Gasteiger partial charge in [-0.3, -0.25) is 4.79 Å². The van der Waals surface area contributed by atoms with Crippen LogP contribution in [-0.2, 0) is 9.84 Å². The van der Waals surface area contributed by atoms with Crippen molar-refractivity contribution in [2.45, 2.75) is 5.37 Å². The van der Waals surface area contributed by atoms with Gasteiger partial charge in [-0.2, -0.15) is 11.8 Å². The Kier molecular flexibility index (Phi) is 4.58. The summed E-state index contributed by atoms with van der Waals surface area (Å²) in [6.07, 6.45) is 1.19. The Hall–Kier alpha value is -0.530. The SMILES string of the molecule is CS(=O)(=O)C1CSCCN1C(=O)c1cccc(Br)c1. The monoisotopic (exact) mass is 363 g/mol. The molecule has 19 heavy (non-hydrogen) atoms. The zero-order chi connectivity index (χ0) is 14.0. The Balaban J connectivity index is 2.30. The molecule has 1 aromatic carbocycles. The fraction of sp³-hybridized carbons (Fsp3) is 0.417. The van der Waals surface area contributed by atoms with Crippen LogP contribution in [0.5, 0.6) is 0 Å². The van der Waals surface area contributed by atoms with Crippen LogP contribution in [0.3, 0.4) is 0 Å². The number of halogens is 1. The molecule has 0 bridgehead atoms. The van der Waals surface area contributed by atoms with E-state index in [9.17, 15) is 13.2 Å². The van der Waals surface area contributed by atoms with Crippen molar-refractivity contribution in [3.05, 3.63) is 34.3 Å². The number of hydrogen-bond acceptors (Lipinski definition) is 4. The molecule has 0 N–H and O–H groups in total. The highest BCUT2D eigenvalue weighted by Crippen LogP contribution is 2.23. The molecule has 0 radical (unpaired) electrons. The molecule has 2 rings (SSSR count). The third kappa shape index (κ3) is 3.52. The molecule has 1 aromatic rings. The lowest BCUT2D eigenvalue weighted by atomic mass is 10.2. The van der Waals surface area contributed by atoms with Gasteiger partial charge in [0, 0.05) is 34.3 Å². The van der Waals surface area contributed by atoms with Crippen LogP contribution in [0, 0.1) is 0 Å². The quantitative estimate of drug-likeness (QED) is 0.806. The predicted octanol–water partition coefficient (Wildman–Crippen LogP) is 2.01. The lowest BCUT2D eigenvalue weighted by molar-refractivity contribution is 0.0749. The van der Waals surface area contributed by atoms with E-state index < -0.39 is 15.2 Å². The van der Waals surface area contributed by atoms with Crippen molar-refractivity contribution in [1.29, 1.82) is 0 Å². The van der Waals surface area contributed by atoms with E-state index in [0.29, 0.717) is 17.9 Å². The largest absolute Gasteiger partial charge is 0.320 e. The molecule has 0 saturated carbocycles.